The maximum absolute atomic E-state index is 15.8. The summed E-state index contributed by atoms with van der Waals surface area (Å²) in [6.45, 7) is 2.16. The van der Waals surface area contributed by atoms with Gasteiger partial charge in [0, 0.05) is 11.0 Å². The number of hydroxylamine groups is 1. The second-order valence-electron chi connectivity index (χ2n) is 9.22. The van der Waals surface area contributed by atoms with Gasteiger partial charge in [-0.2, -0.15) is 0 Å². The molecule has 0 unspecified atom stereocenters. The van der Waals surface area contributed by atoms with Crippen LogP contribution >= 0.6 is 27.5 Å². The Morgan fingerprint density at radius 2 is 2.09 bits per heavy atom. The van der Waals surface area contributed by atoms with Gasteiger partial charge in [0.2, 0.25) is 0 Å². The summed E-state index contributed by atoms with van der Waals surface area (Å²) in [6.07, 6.45) is 6.88. The third-order valence-electron chi connectivity index (χ3n) is 5.98. The number of fused-ring (bicyclic) bond motifs is 1. The Morgan fingerprint density at radius 3 is 2.80 bits per heavy atom. The highest BCUT2D eigenvalue weighted by molar-refractivity contribution is 9.10. The fourth-order valence-electron chi connectivity index (χ4n) is 3.81. The number of nitrogens with one attached hydrogen (secondary N) is 2. The summed E-state index contributed by atoms with van der Waals surface area (Å²) in [4.78, 5) is 24.9. The van der Waals surface area contributed by atoms with Gasteiger partial charge in [0.15, 0.2) is 5.82 Å². The summed E-state index contributed by atoms with van der Waals surface area (Å²) < 4.78 is 18.5. The summed E-state index contributed by atoms with van der Waals surface area (Å²) in [5.41, 5.74) is 3.84. The standard InChI is InChI=1S/C25H30BrClFN5O2/c1-32(2)10-4-3-5-11-33-15-29-24-21(33)13-18(25(34)31-35-14-16-6-7-16)23(22(24)28)30-20-9-8-17(26)12-19(20)27/h8-9,12-13,15-16,30H,3-7,10-11,14H2,1-2H3,(H,31,34). The molecule has 1 heterocycles. The molecule has 3 aromatic rings. The van der Waals surface area contributed by atoms with Gasteiger partial charge in [-0.15, -0.1) is 0 Å². The summed E-state index contributed by atoms with van der Waals surface area (Å²) >= 11 is 9.72. The highest BCUT2D eigenvalue weighted by Gasteiger charge is 2.25. The van der Waals surface area contributed by atoms with E-state index in [2.05, 4.69) is 50.7 Å². The van der Waals surface area contributed by atoms with Gasteiger partial charge in [0.05, 0.1) is 40.4 Å². The molecule has 35 heavy (non-hydrogen) atoms. The number of hydrogen-bond acceptors (Lipinski definition) is 5. The average molecular weight is 567 g/mol. The fraction of sp³-hybridized carbons (Fsp3) is 0.440. The minimum absolute atomic E-state index is 0.00507. The van der Waals surface area contributed by atoms with Gasteiger partial charge >= 0.3 is 0 Å². The maximum Gasteiger partial charge on any atom is 0.277 e. The highest BCUT2D eigenvalue weighted by Crippen LogP contribution is 2.34. The summed E-state index contributed by atoms with van der Waals surface area (Å²) in [5, 5.41) is 3.39. The van der Waals surface area contributed by atoms with Gasteiger partial charge in [-0.3, -0.25) is 9.63 Å². The van der Waals surface area contributed by atoms with Crippen molar-refractivity contribution in [2.45, 2.75) is 38.6 Å². The highest BCUT2D eigenvalue weighted by atomic mass is 79.9. The van der Waals surface area contributed by atoms with Gasteiger partial charge < -0.3 is 14.8 Å². The lowest BCUT2D eigenvalue weighted by molar-refractivity contribution is 0.0271. The SMILES string of the molecule is CN(C)CCCCCn1cnc2c(F)c(Nc3ccc(Br)cc3Cl)c(C(=O)NOCC3CC3)cc21. The predicted molar refractivity (Wildman–Crippen MR) is 141 cm³/mol. The molecule has 0 spiro atoms. The Hall–Kier alpha value is -2.20. The summed E-state index contributed by atoms with van der Waals surface area (Å²) in [6, 6.07) is 6.86. The number of carbonyl (C=O) groups excluding carboxylic acids is 1. The van der Waals surface area contributed by atoms with E-state index in [4.69, 9.17) is 16.4 Å². The van der Waals surface area contributed by atoms with Crippen molar-refractivity contribution in [3.8, 4) is 0 Å². The van der Waals surface area contributed by atoms with Crippen molar-refractivity contribution in [1.82, 2.24) is 19.9 Å². The van der Waals surface area contributed by atoms with E-state index in [0.29, 0.717) is 35.3 Å². The van der Waals surface area contributed by atoms with Gasteiger partial charge in [-0.25, -0.2) is 14.9 Å². The van der Waals surface area contributed by atoms with Crippen LogP contribution in [0.4, 0.5) is 15.8 Å². The lowest BCUT2D eigenvalue weighted by atomic mass is 10.1. The average Bonchev–Trinajstić information content (AvgIpc) is 3.54. The quantitative estimate of drug-likeness (QED) is 0.204. The monoisotopic (exact) mass is 565 g/mol. The predicted octanol–water partition coefficient (Wildman–Crippen LogP) is 6.14. The molecular formula is C25H30BrClFN5O2. The molecule has 1 saturated carbocycles. The Morgan fingerprint density at radius 1 is 1.29 bits per heavy atom. The van der Waals surface area contributed by atoms with E-state index in [1.165, 1.54) is 0 Å². The van der Waals surface area contributed by atoms with E-state index in [1.54, 1.807) is 30.6 Å². The summed E-state index contributed by atoms with van der Waals surface area (Å²) in [5.74, 6) is -0.663. The topological polar surface area (TPSA) is 71.4 Å². The number of nitrogens with zero attached hydrogens (tertiary/aromatic N) is 3. The second-order valence-corrected chi connectivity index (χ2v) is 10.5. The molecule has 1 amide bonds. The van der Waals surface area contributed by atoms with Gasteiger partial charge in [-0.1, -0.05) is 34.0 Å². The molecule has 4 rings (SSSR count). The molecule has 0 radical (unpaired) electrons. The number of anilines is 2. The van der Waals surface area contributed by atoms with Crippen molar-refractivity contribution in [2.75, 3.05) is 32.6 Å². The molecule has 7 nitrogen and oxygen atoms in total. The Kier molecular flexibility index (Phi) is 8.64. The van der Waals surface area contributed by atoms with Gasteiger partial charge in [0.25, 0.3) is 5.91 Å². The van der Waals surface area contributed by atoms with Crippen molar-refractivity contribution < 1.29 is 14.0 Å². The molecular weight excluding hydrogens is 537 g/mol. The zero-order valence-corrected chi connectivity index (χ0v) is 22.3. The molecule has 0 saturated heterocycles. The molecule has 1 aliphatic rings. The number of carbonyl (C=O) groups is 1. The zero-order valence-electron chi connectivity index (χ0n) is 19.9. The van der Waals surface area contributed by atoms with Crippen LogP contribution in [0, 0.1) is 11.7 Å². The Balaban J connectivity index is 1.62. The number of hydrogen-bond donors (Lipinski definition) is 2. The van der Waals surface area contributed by atoms with Crippen LogP contribution in [0.15, 0.2) is 35.1 Å². The number of halogens is 3. The normalized spacial score (nSPS) is 13.5. The van der Waals surface area contributed by atoms with Crippen molar-refractivity contribution in [1.29, 1.82) is 0 Å². The molecule has 188 valence electrons. The number of imidazole rings is 1. The molecule has 0 bridgehead atoms. The maximum atomic E-state index is 15.8. The molecule has 0 aliphatic heterocycles. The van der Waals surface area contributed by atoms with E-state index in [1.807, 2.05) is 4.57 Å². The minimum Gasteiger partial charge on any atom is -0.351 e. The first kappa shape index (κ1) is 25.9. The third kappa shape index (κ3) is 6.73. The molecule has 2 N–H and O–H groups in total. The molecule has 10 heteroatoms. The number of aromatic nitrogens is 2. The lowest BCUT2D eigenvalue weighted by Gasteiger charge is -2.16. The van der Waals surface area contributed by atoms with Crippen LogP contribution in [0.1, 0.15) is 42.5 Å². The number of unbranched alkanes of at least 4 members (excludes halogenated alkanes) is 2. The number of benzene rings is 2. The number of aryl methyl sites for hydroxylation is 1. The van der Waals surface area contributed by atoms with E-state index >= 15 is 4.39 Å². The van der Waals surface area contributed by atoms with Crippen LogP contribution in [-0.2, 0) is 11.4 Å². The van der Waals surface area contributed by atoms with Crippen molar-refractivity contribution in [3.63, 3.8) is 0 Å². The molecule has 1 aromatic heterocycles. The lowest BCUT2D eigenvalue weighted by Crippen LogP contribution is -2.26. The molecule has 2 aromatic carbocycles. The van der Waals surface area contributed by atoms with Crippen LogP contribution in [0.3, 0.4) is 0 Å². The zero-order chi connectivity index (χ0) is 24.9. The van der Waals surface area contributed by atoms with E-state index in [9.17, 15) is 4.79 Å². The largest absolute Gasteiger partial charge is 0.351 e. The van der Waals surface area contributed by atoms with Crippen LogP contribution < -0.4 is 10.8 Å². The van der Waals surface area contributed by atoms with Crippen molar-refractivity contribution >= 4 is 55.8 Å². The first-order chi connectivity index (χ1) is 16.8. The Bertz CT molecular complexity index is 1200. The third-order valence-corrected chi connectivity index (χ3v) is 6.78. The fourth-order valence-corrected chi connectivity index (χ4v) is 4.53. The summed E-state index contributed by atoms with van der Waals surface area (Å²) in [7, 11) is 4.11. The van der Waals surface area contributed by atoms with E-state index < -0.39 is 11.7 Å². The molecule has 0 atom stereocenters. The first-order valence-electron chi connectivity index (χ1n) is 11.8. The van der Waals surface area contributed by atoms with E-state index in [-0.39, 0.29) is 16.8 Å². The first-order valence-corrected chi connectivity index (χ1v) is 13.0. The Labute approximate surface area is 218 Å². The molecule has 1 aliphatic carbocycles. The van der Waals surface area contributed by atoms with Gasteiger partial charge in [0.1, 0.15) is 5.52 Å². The van der Waals surface area contributed by atoms with Crippen LogP contribution in [0.2, 0.25) is 5.02 Å². The van der Waals surface area contributed by atoms with E-state index in [0.717, 1.165) is 43.1 Å². The van der Waals surface area contributed by atoms with Gasteiger partial charge in [-0.05, 0) is 76.5 Å². The smallest absolute Gasteiger partial charge is 0.277 e. The van der Waals surface area contributed by atoms with Crippen molar-refractivity contribution in [2.24, 2.45) is 5.92 Å². The number of amides is 1. The minimum atomic E-state index is -0.611. The second kappa shape index (κ2) is 11.7. The van der Waals surface area contributed by atoms with Crippen molar-refractivity contribution in [3.05, 3.63) is 51.5 Å². The number of rotatable bonds is 12. The van der Waals surface area contributed by atoms with Crippen LogP contribution in [-0.4, -0.2) is 47.6 Å². The van der Waals surface area contributed by atoms with Crippen LogP contribution in [0.25, 0.3) is 11.0 Å². The molecule has 1 fully saturated rings. The van der Waals surface area contributed by atoms with Crippen LogP contribution in [0.5, 0.6) is 0 Å².